The zero-order valence-electron chi connectivity index (χ0n) is 19.2. The van der Waals surface area contributed by atoms with E-state index in [1.807, 2.05) is 56.3 Å². The number of amides is 1. The Bertz CT molecular complexity index is 1160. The number of nitrogens with zero attached hydrogens (tertiary/aromatic N) is 1. The molecule has 34 heavy (non-hydrogen) atoms. The fourth-order valence-electron chi connectivity index (χ4n) is 3.01. The van der Waals surface area contributed by atoms with Crippen molar-refractivity contribution in [2.45, 2.75) is 20.5 Å². The number of hydrazone groups is 1. The largest absolute Gasteiger partial charge is 0.490 e. The lowest BCUT2D eigenvalue weighted by Crippen LogP contribution is -2.18. The van der Waals surface area contributed by atoms with Gasteiger partial charge in [-0.2, -0.15) is 5.10 Å². The summed E-state index contributed by atoms with van der Waals surface area (Å²) in [5.41, 5.74) is 5.94. The van der Waals surface area contributed by atoms with Gasteiger partial charge >= 0.3 is 0 Å². The van der Waals surface area contributed by atoms with Gasteiger partial charge in [0.15, 0.2) is 11.5 Å². The summed E-state index contributed by atoms with van der Waals surface area (Å²) in [4.78, 5) is 12.6. The third kappa shape index (κ3) is 7.22. The Labute approximate surface area is 208 Å². The molecule has 3 aromatic rings. The van der Waals surface area contributed by atoms with Crippen molar-refractivity contribution in [3.63, 3.8) is 0 Å². The molecule has 0 atom stereocenters. The molecule has 0 saturated heterocycles. The molecule has 6 nitrogen and oxygen atoms in total. The number of halogens is 1. The number of hydrogen-bond acceptors (Lipinski definition) is 5. The molecule has 0 aromatic heterocycles. The maximum atomic E-state index is 12.6. The lowest BCUT2D eigenvalue weighted by molar-refractivity contribution is 0.0954. The monoisotopic (exact) mass is 522 g/mol. The number of rotatable bonds is 11. The van der Waals surface area contributed by atoms with E-state index in [1.54, 1.807) is 30.5 Å². The first-order valence-electron chi connectivity index (χ1n) is 10.8. The number of aryl methyl sites for hydroxylation is 1. The van der Waals surface area contributed by atoms with Gasteiger partial charge in [-0.1, -0.05) is 58.4 Å². The molecule has 0 heterocycles. The highest BCUT2D eigenvalue weighted by atomic mass is 79.9. The normalized spacial score (nSPS) is 10.7. The van der Waals surface area contributed by atoms with E-state index in [2.05, 4.69) is 33.0 Å². The lowest BCUT2D eigenvalue weighted by Gasteiger charge is -2.12. The van der Waals surface area contributed by atoms with Gasteiger partial charge in [-0.05, 0) is 55.8 Å². The molecule has 3 aromatic carbocycles. The molecular weight excluding hydrogens is 496 g/mol. The van der Waals surface area contributed by atoms with Crippen molar-refractivity contribution < 1.29 is 19.0 Å². The van der Waals surface area contributed by atoms with E-state index in [0.29, 0.717) is 42.6 Å². The molecule has 0 aliphatic carbocycles. The quantitative estimate of drug-likeness (QED) is 0.188. The van der Waals surface area contributed by atoms with Gasteiger partial charge in [-0.25, -0.2) is 5.43 Å². The van der Waals surface area contributed by atoms with Crippen LogP contribution in [0, 0.1) is 6.92 Å². The second-order valence-electron chi connectivity index (χ2n) is 7.35. The first-order valence-corrected chi connectivity index (χ1v) is 11.6. The summed E-state index contributed by atoms with van der Waals surface area (Å²) in [6, 6.07) is 18.8. The van der Waals surface area contributed by atoms with E-state index in [-0.39, 0.29) is 5.91 Å². The molecule has 0 unspecified atom stereocenters. The standard InChI is InChI=1S/C27H27BrN2O4/c1-4-14-33-25-12-10-21(16-26(25)32-5-2)27(31)30-29-17-22-15-23(28)11-13-24(22)34-18-20-8-6-19(3)7-9-20/h4,6-13,15-17H,1,5,14,18H2,2-3H3,(H,30,31)/b29-17+. The Hall–Kier alpha value is -3.58. The van der Waals surface area contributed by atoms with Gasteiger partial charge in [0.05, 0.1) is 12.8 Å². The van der Waals surface area contributed by atoms with Crippen LogP contribution < -0.4 is 19.6 Å². The predicted molar refractivity (Wildman–Crippen MR) is 138 cm³/mol. The Morgan fingerprint density at radius 3 is 2.50 bits per heavy atom. The van der Waals surface area contributed by atoms with Crippen LogP contribution in [0.15, 0.2) is 82.9 Å². The number of benzene rings is 3. The highest BCUT2D eigenvalue weighted by Crippen LogP contribution is 2.28. The SMILES string of the molecule is C=CCOc1ccc(C(=O)N/N=C/c2cc(Br)ccc2OCc2ccc(C)cc2)cc1OCC. The first kappa shape index (κ1) is 25.1. The summed E-state index contributed by atoms with van der Waals surface area (Å²) in [6.45, 7) is 8.77. The molecule has 7 heteroatoms. The Morgan fingerprint density at radius 2 is 1.76 bits per heavy atom. The number of carbonyl (C=O) groups is 1. The Balaban J connectivity index is 1.68. The van der Waals surface area contributed by atoms with Gasteiger partial charge in [0.1, 0.15) is 19.0 Å². The van der Waals surface area contributed by atoms with Crippen molar-refractivity contribution in [1.29, 1.82) is 0 Å². The van der Waals surface area contributed by atoms with Crippen LogP contribution in [0.25, 0.3) is 0 Å². The third-order valence-corrected chi connectivity index (χ3v) is 5.21. The number of hydrogen-bond donors (Lipinski definition) is 1. The second kappa shape index (κ2) is 12.6. The summed E-state index contributed by atoms with van der Waals surface area (Å²) < 4.78 is 18.0. The maximum absolute atomic E-state index is 12.6. The molecule has 0 aliphatic rings. The van der Waals surface area contributed by atoms with Crippen LogP contribution >= 0.6 is 15.9 Å². The maximum Gasteiger partial charge on any atom is 0.271 e. The third-order valence-electron chi connectivity index (χ3n) is 4.72. The van der Waals surface area contributed by atoms with E-state index in [4.69, 9.17) is 14.2 Å². The molecule has 0 fully saturated rings. The average molecular weight is 523 g/mol. The molecule has 1 N–H and O–H groups in total. The van der Waals surface area contributed by atoms with Crippen LogP contribution in [0.1, 0.15) is 34.0 Å². The van der Waals surface area contributed by atoms with Crippen LogP contribution in [0.3, 0.4) is 0 Å². The first-order chi connectivity index (χ1) is 16.5. The van der Waals surface area contributed by atoms with Crippen LogP contribution in [0.5, 0.6) is 17.2 Å². The van der Waals surface area contributed by atoms with Crippen molar-refractivity contribution in [2.75, 3.05) is 13.2 Å². The van der Waals surface area contributed by atoms with Gasteiger partial charge < -0.3 is 14.2 Å². The molecule has 0 aliphatic heterocycles. The van der Waals surface area contributed by atoms with Crippen LogP contribution in [0.4, 0.5) is 0 Å². The van der Waals surface area contributed by atoms with E-state index in [0.717, 1.165) is 15.6 Å². The van der Waals surface area contributed by atoms with E-state index >= 15 is 0 Å². The van der Waals surface area contributed by atoms with Crippen LogP contribution in [0.2, 0.25) is 0 Å². The van der Waals surface area contributed by atoms with Crippen molar-refractivity contribution >= 4 is 28.1 Å². The topological polar surface area (TPSA) is 69.2 Å². The zero-order chi connectivity index (χ0) is 24.3. The molecule has 0 saturated carbocycles. The summed E-state index contributed by atoms with van der Waals surface area (Å²) in [7, 11) is 0. The minimum absolute atomic E-state index is 0.344. The van der Waals surface area contributed by atoms with Crippen molar-refractivity contribution in [3.05, 3.63) is 100 Å². The molecule has 1 amide bonds. The van der Waals surface area contributed by atoms with Crippen LogP contribution in [-0.4, -0.2) is 25.3 Å². The lowest BCUT2D eigenvalue weighted by atomic mass is 10.1. The zero-order valence-corrected chi connectivity index (χ0v) is 20.8. The summed E-state index contributed by atoms with van der Waals surface area (Å²) in [5.74, 6) is 1.32. The highest BCUT2D eigenvalue weighted by molar-refractivity contribution is 9.10. The van der Waals surface area contributed by atoms with E-state index in [9.17, 15) is 4.79 Å². The minimum Gasteiger partial charge on any atom is -0.490 e. The smallest absolute Gasteiger partial charge is 0.271 e. The van der Waals surface area contributed by atoms with Crippen LogP contribution in [-0.2, 0) is 6.61 Å². The second-order valence-corrected chi connectivity index (χ2v) is 8.27. The number of nitrogens with one attached hydrogen (secondary N) is 1. The van der Waals surface area contributed by atoms with Gasteiger partial charge in [0.25, 0.3) is 5.91 Å². The molecule has 3 rings (SSSR count). The molecule has 0 bridgehead atoms. The van der Waals surface area contributed by atoms with E-state index < -0.39 is 0 Å². The highest BCUT2D eigenvalue weighted by Gasteiger charge is 2.11. The van der Waals surface area contributed by atoms with Crippen molar-refractivity contribution in [1.82, 2.24) is 5.43 Å². The molecule has 0 spiro atoms. The van der Waals surface area contributed by atoms with Gasteiger partial charge in [0, 0.05) is 15.6 Å². The van der Waals surface area contributed by atoms with Crippen molar-refractivity contribution in [3.8, 4) is 17.2 Å². The fourth-order valence-corrected chi connectivity index (χ4v) is 3.39. The molecule has 176 valence electrons. The molecule has 0 radical (unpaired) electrons. The summed E-state index contributed by atoms with van der Waals surface area (Å²) in [5, 5.41) is 4.12. The number of carbonyl (C=O) groups excluding carboxylic acids is 1. The molecular formula is C27H27BrN2O4. The summed E-state index contributed by atoms with van der Waals surface area (Å²) in [6.07, 6.45) is 3.20. The number of ether oxygens (including phenoxy) is 3. The van der Waals surface area contributed by atoms with E-state index in [1.165, 1.54) is 5.56 Å². The van der Waals surface area contributed by atoms with Gasteiger partial charge in [-0.3, -0.25) is 4.79 Å². The summed E-state index contributed by atoms with van der Waals surface area (Å²) >= 11 is 3.47. The van der Waals surface area contributed by atoms with Gasteiger partial charge in [0.2, 0.25) is 0 Å². The van der Waals surface area contributed by atoms with Gasteiger partial charge in [-0.15, -0.1) is 0 Å². The van der Waals surface area contributed by atoms with Crippen molar-refractivity contribution in [2.24, 2.45) is 5.10 Å². The fraction of sp³-hybridized carbons (Fsp3) is 0.185. The Morgan fingerprint density at radius 1 is 1.00 bits per heavy atom. The Kier molecular flexibility index (Phi) is 9.29. The average Bonchev–Trinajstić information content (AvgIpc) is 2.84. The minimum atomic E-state index is -0.371. The predicted octanol–water partition coefficient (Wildman–Crippen LogP) is 6.06.